The lowest BCUT2D eigenvalue weighted by molar-refractivity contribution is -0.124. The van der Waals surface area contributed by atoms with Crippen molar-refractivity contribution in [2.45, 2.75) is 52.5 Å². The molecule has 0 aromatic carbocycles. The zero-order valence-electron chi connectivity index (χ0n) is 14.3. The van der Waals surface area contributed by atoms with Crippen molar-refractivity contribution >= 4 is 15.9 Å². The molecule has 3 aliphatic rings. The van der Waals surface area contributed by atoms with Gasteiger partial charge in [-0.15, -0.1) is 6.58 Å². The molecule has 1 aliphatic heterocycles. The van der Waals surface area contributed by atoms with Crippen molar-refractivity contribution in [1.29, 1.82) is 0 Å². The third-order valence-electron chi connectivity index (χ3n) is 6.73. The molecule has 4 nitrogen and oxygen atoms in total. The van der Waals surface area contributed by atoms with Crippen LogP contribution in [-0.2, 0) is 14.8 Å². The van der Waals surface area contributed by atoms with Crippen LogP contribution in [0, 0.1) is 22.7 Å². The van der Waals surface area contributed by atoms with E-state index in [1.54, 1.807) is 12.2 Å². The van der Waals surface area contributed by atoms with Crippen LogP contribution in [0.1, 0.15) is 46.5 Å². The fraction of sp³-hybridized carbons (Fsp3) is 0.722. The Balaban J connectivity index is 1.89. The summed E-state index contributed by atoms with van der Waals surface area (Å²) in [4.78, 5) is 12.6. The fourth-order valence-corrected chi connectivity index (χ4v) is 7.75. The van der Waals surface area contributed by atoms with Gasteiger partial charge in [0.1, 0.15) is 0 Å². The Morgan fingerprint density at radius 1 is 1.43 bits per heavy atom. The Bertz CT molecular complexity index is 664. The van der Waals surface area contributed by atoms with E-state index in [1.807, 2.05) is 6.92 Å². The third-order valence-corrected chi connectivity index (χ3v) is 8.65. The van der Waals surface area contributed by atoms with E-state index >= 15 is 0 Å². The molecule has 4 atom stereocenters. The highest BCUT2D eigenvalue weighted by molar-refractivity contribution is 7.90. The van der Waals surface area contributed by atoms with Gasteiger partial charge in [-0.2, -0.15) is 0 Å². The zero-order valence-corrected chi connectivity index (χ0v) is 15.1. The first kappa shape index (κ1) is 16.7. The van der Waals surface area contributed by atoms with E-state index in [-0.39, 0.29) is 34.4 Å². The predicted molar refractivity (Wildman–Crippen MR) is 91.1 cm³/mol. The Morgan fingerprint density at radius 3 is 2.74 bits per heavy atom. The fourth-order valence-electron chi connectivity index (χ4n) is 5.24. The quantitative estimate of drug-likeness (QED) is 0.585. The van der Waals surface area contributed by atoms with Crippen LogP contribution in [0.4, 0.5) is 0 Å². The van der Waals surface area contributed by atoms with Crippen LogP contribution in [-0.4, -0.2) is 30.4 Å². The van der Waals surface area contributed by atoms with Crippen molar-refractivity contribution in [3.63, 3.8) is 0 Å². The van der Waals surface area contributed by atoms with Crippen molar-refractivity contribution in [3.05, 3.63) is 24.8 Å². The second-order valence-electron chi connectivity index (χ2n) is 8.12. The highest BCUT2D eigenvalue weighted by Crippen LogP contribution is 2.69. The Kier molecular flexibility index (Phi) is 3.79. The standard InChI is InChI=1S/C18H27NO3S/c1-5-6-13(2)7-8-16(20)19-15-11-14-9-10-18(15,17(14,3)4)12-23(19,21)22/h5,7-8,13-15H,1,6,9-12H2,2-4H3/b8-7+/t13-,14-,15-,18-/m0/s1. The predicted octanol–water partition coefficient (Wildman–Crippen LogP) is 3.12. The molecule has 1 saturated heterocycles. The van der Waals surface area contributed by atoms with Gasteiger partial charge in [0, 0.05) is 11.5 Å². The van der Waals surface area contributed by atoms with Gasteiger partial charge in [0.2, 0.25) is 10.0 Å². The number of sulfonamides is 1. The second kappa shape index (κ2) is 5.20. The molecule has 0 unspecified atom stereocenters. The molecule has 0 aromatic rings. The van der Waals surface area contributed by atoms with Crippen LogP contribution >= 0.6 is 0 Å². The summed E-state index contributed by atoms with van der Waals surface area (Å²) in [5.41, 5.74) is -0.244. The van der Waals surface area contributed by atoms with E-state index < -0.39 is 10.0 Å². The monoisotopic (exact) mass is 337 g/mol. The lowest BCUT2D eigenvalue weighted by Crippen LogP contribution is -2.43. The van der Waals surface area contributed by atoms with E-state index in [2.05, 4.69) is 20.4 Å². The minimum absolute atomic E-state index is 0.000384. The van der Waals surface area contributed by atoms with Gasteiger partial charge in [-0.1, -0.05) is 32.9 Å². The summed E-state index contributed by atoms with van der Waals surface area (Å²) < 4.78 is 26.6. The number of rotatable bonds is 4. The highest BCUT2D eigenvalue weighted by Gasteiger charge is 2.72. The summed E-state index contributed by atoms with van der Waals surface area (Å²) in [5, 5.41) is 0. The van der Waals surface area contributed by atoms with Gasteiger partial charge >= 0.3 is 0 Å². The average molecular weight is 337 g/mol. The lowest BCUT2D eigenvalue weighted by Gasteiger charge is -2.36. The van der Waals surface area contributed by atoms with Gasteiger partial charge in [-0.3, -0.25) is 4.79 Å². The van der Waals surface area contributed by atoms with Crippen LogP contribution in [0.3, 0.4) is 0 Å². The van der Waals surface area contributed by atoms with Crippen LogP contribution in [0.25, 0.3) is 0 Å². The molecule has 1 amide bonds. The molecule has 2 bridgehead atoms. The number of fused-ring (bicyclic) bond motifs is 1. The number of hydrogen-bond acceptors (Lipinski definition) is 3. The number of allylic oxidation sites excluding steroid dienone is 2. The lowest BCUT2D eigenvalue weighted by atomic mass is 9.69. The van der Waals surface area contributed by atoms with Crippen LogP contribution in [0.5, 0.6) is 0 Å². The molecule has 2 aliphatic carbocycles. The van der Waals surface area contributed by atoms with Gasteiger partial charge < -0.3 is 0 Å². The normalized spacial score (nSPS) is 38.0. The molecular weight excluding hydrogens is 310 g/mol. The van der Waals surface area contributed by atoms with E-state index in [0.29, 0.717) is 5.92 Å². The van der Waals surface area contributed by atoms with Crippen molar-refractivity contribution in [3.8, 4) is 0 Å². The zero-order chi connectivity index (χ0) is 17.0. The maximum absolute atomic E-state index is 12.7. The number of amides is 1. The largest absolute Gasteiger partial charge is 0.269 e. The minimum atomic E-state index is -3.51. The van der Waals surface area contributed by atoms with Gasteiger partial charge in [-0.05, 0) is 42.9 Å². The summed E-state index contributed by atoms with van der Waals surface area (Å²) >= 11 is 0. The Morgan fingerprint density at radius 2 is 2.13 bits per heavy atom. The smallest absolute Gasteiger partial charge is 0.260 e. The molecule has 0 N–H and O–H groups in total. The van der Waals surface area contributed by atoms with Gasteiger partial charge in [0.05, 0.1) is 11.8 Å². The molecule has 2 saturated carbocycles. The van der Waals surface area contributed by atoms with E-state index in [1.165, 1.54) is 10.4 Å². The SMILES string of the molecule is C=CC[C@H](C)/C=C/C(=O)N1[C@H]2C[C@@H]3CC[C@@]2(CS1(=O)=O)C3(C)C. The van der Waals surface area contributed by atoms with E-state index in [0.717, 1.165) is 25.7 Å². The van der Waals surface area contributed by atoms with Crippen molar-refractivity contribution in [2.75, 3.05) is 5.75 Å². The van der Waals surface area contributed by atoms with Crippen LogP contribution < -0.4 is 0 Å². The molecular formula is C18H27NO3S. The number of carbonyl (C=O) groups excluding carboxylic acids is 1. The summed E-state index contributed by atoms with van der Waals surface area (Å²) in [5.74, 6) is 0.482. The minimum Gasteiger partial charge on any atom is -0.269 e. The highest BCUT2D eigenvalue weighted by atomic mass is 32.2. The Labute approximate surface area is 139 Å². The molecule has 23 heavy (non-hydrogen) atoms. The number of carbonyl (C=O) groups is 1. The van der Waals surface area contributed by atoms with Gasteiger partial charge in [-0.25, -0.2) is 12.7 Å². The van der Waals surface area contributed by atoms with E-state index in [4.69, 9.17) is 0 Å². The maximum Gasteiger partial charge on any atom is 0.260 e. The maximum atomic E-state index is 12.7. The molecule has 3 rings (SSSR count). The Hall–Kier alpha value is -1.10. The summed E-state index contributed by atoms with van der Waals surface area (Å²) in [6, 6.07) is -0.145. The summed E-state index contributed by atoms with van der Waals surface area (Å²) in [6.07, 6.45) is 8.67. The van der Waals surface area contributed by atoms with Gasteiger partial charge in [0.15, 0.2) is 0 Å². The first-order valence-corrected chi connectivity index (χ1v) is 10.1. The third kappa shape index (κ3) is 2.23. The van der Waals surface area contributed by atoms with Crippen molar-refractivity contribution < 1.29 is 13.2 Å². The molecule has 0 aromatic heterocycles. The molecule has 5 heteroatoms. The molecule has 1 spiro atoms. The number of hydrogen-bond donors (Lipinski definition) is 0. The molecule has 1 heterocycles. The molecule has 0 radical (unpaired) electrons. The average Bonchev–Trinajstić information content (AvgIpc) is 2.92. The first-order valence-electron chi connectivity index (χ1n) is 8.51. The first-order chi connectivity index (χ1) is 10.7. The number of nitrogens with zero attached hydrogens (tertiary/aromatic N) is 1. The summed E-state index contributed by atoms with van der Waals surface area (Å²) in [6.45, 7) is 10.1. The summed E-state index contributed by atoms with van der Waals surface area (Å²) in [7, 11) is -3.51. The topological polar surface area (TPSA) is 54.5 Å². The van der Waals surface area contributed by atoms with Crippen molar-refractivity contribution in [1.82, 2.24) is 4.31 Å². The molecule has 3 fully saturated rings. The van der Waals surface area contributed by atoms with Crippen LogP contribution in [0.2, 0.25) is 0 Å². The molecule has 128 valence electrons. The van der Waals surface area contributed by atoms with Crippen molar-refractivity contribution in [2.24, 2.45) is 22.7 Å². The van der Waals surface area contributed by atoms with Crippen LogP contribution in [0.15, 0.2) is 24.8 Å². The second-order valence-corrected chi connectivity index (χ2v) is 9.96. The van der Waals surface area contributed by atoms with Gasteiger partial charge in [0.25, 0.3) is 5.91 Å². The van der Waals surface area contributed by atoms with E-state index in [9.17, 15) is 13.2 Å².